The average molecular weight is 680 g/mol. The predicted octanol–water partition coefficient (Wildman–Crippen LogP) is 5.63. The zero-order chi connectivity index (χ0) is 28.1. The summed E-state index contributed by atoms with van der Waals surface area (Å²) in [6, 6.07) is 21.2. The Labute approximate surface area is 234 Å². The van der Waals surface area contributed by atoms with Crippen LogP contribution < -0.4 is 9.18 Å². The van der Waals surface area contributed by atoms with Crippen LogP contribution in [0.25, 0.3) is 33.8 Å². The number of fused-ring (bicyclic) bond motifs is 2. The molecule has 6 aromatic rings. The predicted molar refractivity (Wildman–Crippen MR) is 142 cm³/mol. The molecule has 202 valence electrons. The fourth-order valence-electron chi connectivity index (χ4n) is 4.24. The Hall–Kier alpha value is -3.56. The first kappa shape index (κ1) is 26.7. The van der Waals surface area contributed by atoms with Gasteiger partial charge < -0.3 is 0 Å². The Morgan fingerprint density at radius 1 is 0.500 bits per heavy atom. The van der Waals surface area contributed by atoms with Gasteiger partial charge in [0.2, 0.25) is 0 Å². The summed E-state index contributed by atoms with van der Waals surface area (Å²) in [6.45, 7) is 0. The van der Waals surface area contributed by atoms with Gasteiger partial charge in [0.15, 0.2) is 0 Å². The number of alkyl halides is 6. The van der Waals surface area contributed by atoms with E-state index in [0.717, 1.165) is 44.5 Å². The van der Waals surface area contributed by atoms with Gasteiger partial charge in [-0.3, -0.25) is 0 Å². The fraction of sp³-hybridized carbons (Fsp3) is 0.0714. The number of pyridine rings is 2. The van der Waals surface area contributed by atoms with Gasteiger partial charge in [-0.05, 0) is 0 Å². The Kier molecular flexibility index (Phi) is 6.74. The normalized spacial score (nSPS) is 12.4. The van der Waals surface area contributed by atoms with E-state index in [0.29, 0.717) is 22.8 Å². The van der Waals surface area contributed by atoms with Crippen molar-refractivity contribution in [3.8, 4) is 22.8 Å². The second-order valence-electron chi connectivity index (χ2n) is 8.71. The first-order chi connectivity index (χ1) is 19.1. The number of benzene rings is 2. The number of aromatic nitrogens is 4. The molecule has 0 spiro atoms. The van der Waals surface area contributed by atoms with Crippen LogP contribution in [0, 0.1) is 0 Å². The molecule has 0 bridgehead atoms. The van der Waals surface area contributed by atoms with E-state index in [4.69, 9.17) is 9.97 Å². The molecule has 0 fully saturated rings. The van der Waals surface area contributed by atoms with Crippen molar-refractivity contribution in [3.05, 3.63) is 108 Å². The molecule has 0 unspecified atom stereocenters. The van der Waals surface area contributed by atoms with E-state index in [1.807, 2.05) is 57.6 Å². The molecule has 12 heteroatoms. The van der Waals surface area contributed by atoms with E-state index in [1.54, 1.807) is 0 Å². The van der Waals surface area contributed by atoms with Crippen molar-refractivity contribution in [1.82, 2.24) is 18.8 Å². The summed E-state index contributed by atoms with van der Waals surface area (Å²) in [5.41, 5.74) is 1.43. The van der Waals surface area contributed by atoms with Gasteiger partial charge >= 0.3 is 235 Å². The summed E-state index contributed by atoms with van der Waals surface area (Å²) in [5.74, 6) is 1.11. The van der Waals surface area contributed by atoms with Gasteiger partial charge in [-0.2, -0.15) is 0 Å². The van der Waals surface area contributed by atoms with E-state index in [2.05, 4.69) is 0 Å². The number of hydrogen-bond donors (Lipinski definition) is 0. The number of rotatable bonds is 5. The van der Waals surface area contributed by atoms with Crippen molar-refractivity contribution < 1.29 is 26.3 Å². The van der Waals surface area contributed by atoms with E-state index >= 15 is 0 Å². The molecular weight excluding hydrogens is 664 g/mol. The summed E-state index contributed by atoms with van der Waals surface area (Å²) < 4.78 is 83.8. The zero-order valence-electron chi connectivity index (χ0n) is 20.1. The number of halogens is 6. The first-order valence-corrected chi connectivity index (χ1v) is 17.8. The summed E-state index contributed by atoms with van der Waals surface area (Å²) in [4.78, 5) is 9.66. The van der Waals surface area contributed by atoms with Gasteiger partial charge in [-0.1, -0.05) is 0 Å². The Morgan fingerprint density at radius 3 is 1.23 bits per heavy atom. The molecule has 0 saturated carbocycles. The van der Waals surface area contributed by atoms with Gasteiger partial charge in [0.1, 0.15) is 0 Å². The topological polar surface area (TPSA) is 34.6 Å². The molecule has 0 radical (unpaired) electrons. The Balaban J connectivity index is 1.33. The van der Waals surface area contributed by atoms with Crippen molar-refractivity contribution in [2.24, 2.45) is 0 Å². The van der Waals surface area contributed by atoms with E-state index in [9.17, 15) is 26.3 Å². The van der Waals surface area contributed by atoms with Gasteiger partial charge in [-0.15, -0.1) is 0 Å². The second-order valence-corrected chi connectivity index (χ2v) is 14.7. The van der Waals surface area contributed by atoms with Crippen LogP contribution in [-0.2, 0) is 12.4 Å². The molecule has 4 nitrogen and oxygen atoms in total. The minimum atomic E-state index is -4.42. The van der Waals surface area contributed by atoms with Gasteiger partial charge in [0, 0.05) is 0 Å². The van der Waals surface area contributed by atoms with Crippen LogP contribution in [0.1, 0.15) is 11.1 Å². The zero-order valence-corrected chi connectivity index (χ0v) is 23.5. The molecular formula is C28H16F6N4Se2. The molecule has 0 aliphatic heterocycles. The standard InChI is InChI=1S/C28H16F6N4Se2/c29-27(30,31)19-11-7-17(8-12-19)23-35-25(21-5-1-3-15-37(21)23)39-40-26-22-6-2-4-16-38(22)24(36-26)18-9-13-20(14-10-18)28(32,33)34/h1-16H. The number of nitrogens with zero attached hydrogens (tertiary/aromatic N) is 4. The van der Waals surface area contributed by atoms with Crippen molar-refractivity contribution in [1.29, 1.82) is 0 Å². The van der Waals surface area contributed by atoms with Crippen LogP contribution in [0.5, 0.6) is 0 Å². The number of hydrogen-bond acceptors (Lipinski definition) is 2. The third-order valence-electron chi connectivity index (χ3n) is 6.17. The van der Waals surface area contributed by atoms with E-state index in [1.165, 1.54) is 24.3 Å². The molecule has 4 heterocycles. The van der Waals surface area contributed by atoms with Crippen LogP contribution in [0.15, 0.2) is 97.3 Å². The SMILES string of the molecule is FC(F)(F)c1ccc(-c2nc([Se][Se]c3nc(-c4ccc(C(F)(F)F)cc4)n4ccccc34)c3ccccn23)cc1. The third-order valence-corrected chi connectivity index (χ3v) is 12.6. The molecule has 4 aromatic heterocycles. The quantitative estimate of drug-likeness (QED) is 0.175. The molecule has 0 amide bonds. The number of imidazole rings is 2. The van der Waals surface area contributed by atoms with Gasteiger partial charge in [-0.25, -0.2) is 0 Å². The maximum atomic E-state index is 13.1. The minimum absolute atomic E-state index is 0.147. The van der Waals surface area contributed by atoms with Gasteiger partial charge in [0.25, 0.3) is 0 Å². The third kappa shape index (κ3) is 5.04. The molecule has 0 aliphatic rings. The molecule has 0 atom stereocenters. The molecule has 0 aliphatic carbocycles. The van der Waals surface area contributed by atoms with Gasteiger partial charge in [0.05, 0.1) is 0 Å². The van der Waals surface area contributed by atoms with Crippen LogP contribution >= 0.6 is 0 Å². The van der Waals surface area contributed by atoms with Crippen LogP contribution in [-0.4, -0.2) is 45.0 Å². The molecule has 2 aromatic carbocycles. The van der Waals surface area contributed by atoms with E-state index < -0.39 is 23.5 Å². The Bertz CT molecular complexity index is 1690. The van der Waals surface area contributed by atoms with E-state index in [-0.39, 0.29) is 26.3 Å². The van der Waals surface area contributed by atoms with Crippen LogP contribution in [0.4, 0.5) is 26.3 Å². The second kappa shape index (κ2) is 10.1. The van der Waals surface area contributed by atoms with Crippen molar-refractivity contribution >= 4 is 46.5 Å². The monoisotopic (exact) mass is 682 g/mol. The molecule has 40 heavy (non-hydrogen) atoms. The van der Waals surface area contributed by atoms with Crippen LogP contribution in [0.3, 0.4) is 0 Å². The molecule has 6 rings (SSSR count). The first-order valence-electron chi connectivity index (χ1n) is 11.7. The van der Waals surface area contributed by atoms with Crippen LogP contribution in [0.2, 0.25) is 0 Å². The fourth-order valence-corrected chi connectivity index (χ4v) is 10.5. The summed E-state index contributed by atoms with van der Waals surface area (Å²) in [6.07, 6.45) is -5.18. The summed E-state index contributed by atoms with van der Waals surface area (Å²) >= 11 is -0.294. The molecule has 0 N–H and O–H groups in total. The summed E-state index contributed by atoms with van der Waals surface area (Å²) in [5, 5.41) is 0. The van der Waals surface area contributed by atoms with Crippen molar-refractivity contribution in [2.75, 3.05) is 0 Å². The van der Waals surface area contributed by atoms with Crippen molar-refractivity contribution in [3.63, 3.8) is 0 Å². The maximum absolute atomic E-state index is 13.1. The average Bonchev–Trinajstić information content (AvgIpc) is 3.50. The summed E-state index contributed by atoms with van der Waals surface area (Å²) in [7, 11) is 0. The van der Waals surface area contributed by atoms with Crippen molar-refractivity contribution in [2.45, 2.75) is 12.4 Å². The molecule has 0 saturated heterocycles. The Morgan fingerprint density at radius 2 is 0.875 bits per heavy atom.